The van der Waals surface area contributed by atoms with E-state index in [0.717, 1.165) is 5.56 Å². The standard InChI is InChI=1S/C13H21NO/c1-13(2,3)11-6-4-10(5-7-11)12(14)8-9-15/h4-7,12,15H,8-9,14H2,1-3H3. The van der Waals surface area contributed by atoms with E-state index in [1.807, 2.05) is 0 Å². The third-order valence-electron chi connectivity index (χ3n) is 2.64. The third kappa shape index (κ3) is 3.33. The number of hydrogen-bond donors (Lipinski definition) is 2. The Labute approximate surface area is 92.1 Å². The molecule has 0 fully saturated rings. The highest BCUT2D eigenvalue weighted by molar-refractivity contribution is 5.29. The van der Waals surface area contributed by atoms with Crippen LogP contribution in [0.15, 0.2) is 24.3 Å². The molecule has 0 heterocycles. The zero-order chi connectivity index (χ0) is 11.5. The Bertz CT molecular complexity index is 297. The van der Waals surface area contributed by atoms with Crippen molar-refractivity contribution in [2.45, 2.75) is 38.6 Å². The number of aliphatic hydroxyl groups excluding tert-OH is 1. The lowest BCUT2D eigenvalue weighted by molar-refractivity contribution is 0.276. The molecule has 0 radical (unpaired) electrons. The van der Waals surface area contributed by atoms with Gasteiger partial charge in [0.2, 0.25) is 0 Å². The maximum atomic E-state index is 8.80. The topological polar surface area (TPSA) is 46.2 Å². The van der Waals surface area contributed by atoms with Gasteiger partial charge in [0.1, 0.15) is 0 Å². The molecule has 0 aliphatic heterocycles. The maximum Gasteiger partial charge on any atom is 0.0449 e. The van der Waals surface area contributed by atoms with E-state index in [9.17, 15) is 0 Å². The van der Waals surface area contributed by atoms with Gasteiger partial charge in [0.15, 0.2) is 0 Å². The summed E-state index contributed by atoms with van der Waals surface area (Å²) in [4.78, 5) is 0. The minimum Gasteiger partial charge on any atom is -0.396 e. The molecule has 0 bridgehead atoms. The minimum atomic E-state index is -0.0518. The van der Waals surface area contributed by atoms with Crippen molar-refractivity contribution in [1.82, 2.24) is 0 Å². The van der Waals surface area contributed by atoms with Gasteiger partial charge in [-0.15, -0.1) is 0 Å². The van der Waals surface area contributed by atoms with Crippen molar-refractivity contribution in [2.24, 2.45) is 5.73 Å². The zero-order valence-electron chi connectivity index (χ0n) is 9.83. The Morgan fingerprint density at radius 1 is 1.20 bits per heavy atom. The summed E-state index contributed by atoms with van der Waals surface area (Å²) in [6.07, 6.45) is 0.620. The van der Waals surface area contributed by atoms with Gasteiger partial charge in [-0.1, -0.05) is 45.0 Å². The summed E-state index contributed by atoms with van der Waals surface area (Å²) in [7, 11) is 0. The molecule has 0 saturated heterocycles. The monoisotopic (exact) mass is 207 g/mol. The molecule has 1 unspecified atom stereocenters. The first-order valence-electron chi connectivity index (χ1n) is 5.42. The van der Waals surface area contributed by atoms with Crippen LogP contribution in [-0.4, -0.2) is 11.7 Å². The Morgan fingerprint density at radius 2 is 1.73 bits per heavy atom. The fraction of sp³-hybridized carbons (Fsp3) is 0.538. The van der Waals surface area contributed by atoms with Crippen molar-refractivity contribution in [3.05, 3.63) is 35.4 Å². The van der Waals surface area contributed by atoms with Gasteiger partial charge in [0, 0.05) is 12.6 Å². The molecule has 0 amide bonds. The van der Waals surface area contributed by atoms with Gasteiger partial charge in [0.05, 0.1) is 0 Å². The molecular formula is C13H21NO. The molecule has 15 heavy (non-hydrogen) atoms. The van der Waals surface area contributed by atoms with Crippen molar-refractivity contribution in [1.29, 1.82) is 0 Å². The van der Waals surface area contributed by atoms with Gasteiger partial charge < -0.3 is 10.8 Å². The predicted octanol–water partition coefficient (Wildman–Crippen LogP) is 2.37. The van der Waals surface area contributed by atoms with E-state index in [2.05, 4.69) is 45.0 Å². The largest absolute Gasteiger partial charge is 0.396 e. The van der Waals surface area contributed by atoms with Crippen LogP contribution in [0.4, 0.5) is 0 Å². The Kier molecular flexibility index (Phi) is 3.89. The third-order valence-corrected chi connectivity index (χ3v) is 2.64. The van der Waals surface area contributed by atoms with E-state index < -0.39 is 0 Å². The highest BCUT2D eigenvalue weighted by Gasteiger charge is 2.13. The Hall–Kier alpha value is -0.860. The molecule has 0 saturated carbocycles. The molecule has 0 aromatic heterocycles. The van der Waals surface area contributed by atoms with Crippen LogP contribution in [0, 0.1) is 0 Å². The Balaban J connectivity index is 2.81. The summed E-state index contributed by atoms with van der Waals surface area (Å²) < 4.78 is 0. The molecule has 2 heteroatoms. The molecule has 3 N–H and O–H groups in total. The summed E-state index contributed by atoms with van der Waals surface area (Å²) in [5, 5.41) is 8.80. The lowest BCUT2D eigenvalue weighted by Gasteiger charge is -2.20. The normalized spacial score (nSPS) is 13.9. The second-order valence-corrected chi connectivity index (χ2v) is 4.99. The van der Waals surface area contributed by atoms with Crippen LogP contribution in [0.1, 0.15) is 44.4 Å². The number of hydrogen-bond acceptors (Lipinski definition) is 2. The molecular weight excluding hydrogens is 186 g/mol. The maximum absolute atomic E-state index is 8.80. The molecule has 0 aliphatic rings. The van der Waals surface area contributed by atoms with Crippen molar-refractivity contribution in [3.63, 3.8) is 0 Å². The highest BCUT2D eigenvalue weighted by Crippen LogP contribution is 2.23. The van der Waals surface area contributed by atoms with Crippen molar-refractivity contribution < 1.29 is 5.11 Å². The van der Waals surface area contributed by atoms with Crippen LogP contribution in [0.2, 0.25) is 0 Å². The summed E-state index contributed by atoms with van der Waals surface area (Å²) in [5.74, 6) is 0. The van der Waals surface area contributed by atoms with Crippen molar-refractivity contribution >= 4 is 0 Å². The smallest absolute Gasteiger partial charge is 0.0449 e. The van der Waals surface area contributed by atoms with Crippen LogP contribution >= 0.6 is 0 Å². The van der Waals surface area contributed by atoms with E-state index in [0.29, 0.717) is 6.42 Å². The van der Waals surface area contributed by atoms with Gasteiger partial charge in [-0.25, -0.2) is 0 Å². The number of rotatable bonds is 3. The van der Waals surface area contributed by atoms with Crippen LogP contribution in [0.25, 0.3) is 0 Å². The van der Waals surface area contributed by atoms with Crippen LogP contribution in [-0.2, 0) is 5.41 Å². The highest BCUT2D eigenvalue weighted by atomic mass is 16.3. The lowest BCUT2D eigenvalue weighted by atomic mass is 9.86. The van der Waals surface area contributed by atoms with Crippen molar-refractivity contribution in [2.75, 3.05) is 6.61 Å². The van der Waals surface area contributed by atoms with E-state index in [4.69, 9.17) is 10.8 Å². The SMILES string of the molecule is CC(C)(C)c1ccc(C(N)CCO)cc1. The number of benzene rings is 1. The van der Waals surface area contributed by atoms with Crippen LogP contribution in [0.3, 0.4) is 0 Å². The van der Waals surface area contributed by atoms with Gasteiger partial charge >= 0.3 is 0 Å². The zero-order valence-corrected chi connectivity index (χ0v) is 9.83. The van der Waals surface area contributed by atoms with E-state index >= 15 is 0 Å². The molecule has 2 nitrogen and oxygen atoms in total. The predicted molar refractivity (Wildman–Crippen MR) is 63.8 cm³/mol. The van der Waals surface area contributed by atoms with E-state index in [1.165, 1.54) is 5.56 Å². The molecule has 1 atom stereocenters. The first-order chi connectivity index (χ1) is 6.95. The first kappa shape index (κ1) is 12.2. The quantitative estimate of drug-likeness (QED) is 0.799. The summed E-state index contributed by atoms with van der Waals surface area (Å²) >= 11 is 0. The van der Waals surface area contributed by atoms with Gasteiger partial charge in [-0.3, -0.25) is 0 Å². The Morgan fingerprint density at radius 3 is 2.13 bits per heavy atom. The molecule has 0 spiro atoms. The number of aliphatic hydroxyl groups is 1. The van der Waals surface area contributed by atoms with Gasteiger partial charge in [-0.2, -0.15) is 0 Å². The van der Waals surface area contributed by atoms with E-state index in [-0.39, 0.29) is 18.1 Å². The second-order valence-electron chi connectivity index (χ2n) is 4.99. The first-order valence-corrected chi connectivity index (χ1v) is 5.42. The average Bonchev–Trinajstić information content (AvgIpc) is 2.17. The molecule has 1 aromatic rings. The fourth-order valence-electron chi connectivity index (χ4n) is 1.54. The average molecular weight is 207 g/mol. The minimum absolute atomic E-state index is 0.0518. The molecule has 0 aliphatic carbocycles. The lowest BCUT2D eigenvalue weighted by Crippen LogP contribution is -2.14. The van der Waals surface area contributed by atoms with Gasteiger partial charge in [-0.05, 0) is 23.0 Å². The fourth-order valence-corrected chi connectivity index (χ4v) is 1.54. The number of nitrogens with two attached hydrogens (primary N) is 1. The summed E-state index contributed by atoms with van der Waals surface area (Å²) in [5.41, 5.74) is 8.49. The van der Waals surface area contributed by atoms with Crippen molar-refractivity contribution in [3.8, 4) is 0 Å². The summed E-state index contributed by atoms with van der Waals surface area (Å²) in [6, 6.07) is 8.30. The van der Waals surface area contributed by atoms with E-state index in [1.54, 1.807) is 0 Å². The molecule has 84 valence electrons. The second kappa shape index (κ2) is 4.77. The molecule has 1 aromatic carbocycles. The molecule has 1 rings (SSSR count). The van der Waals surface area contributed by atoms with Crippen LogP contribution in [0.5, 0.6) is 0 Å². The summed E-state index contributed by atoms with van der Waals surface area (Å²) in [6.45, 7) is 6.71. The van der Waals surface area contributed by atoms with Crippen LogP contribution < -0.4 is 5.73 Å². The van der Waals surface area contributed by atoms with Gasteiger partial charge in [0.25, 0.3) is 0 Å².